The molecule has 0 aliphatic rings. The van der Waals surface area contributed by atoms with Crippen molar-refractivity contribution in [1.82, 2.24) is 4.98 Å². The highest BCUT2D eigenvalue weighted by molar-refractivity contribution is 6.11. The number of para-hydroxylation sites is 1. The molecule has 3 aromatic carbocycles. The molecule has 0 unspecified atom stereocenters. The Morgan fingerprint density at radius 3 is 2.64 bits per heavy atom. The third-order valence-electron chi connectivity index (χ3n) is 6.73. The van der Waals surface area contributed by atoms with E-state index in [0.29, 0.717) is 22.4 Å². The van der Waals surface area contributed by atoms with Crippen molar-refractivity contribution in [2.45, 2.75) is 33.5 Å². The van der Waals surface area contributed by atoms with Crippen LogP contribution in [0.4, 0.5) is 0 Å². The largest absolute Gasteiger partial charge is 0.437 e. The standard InChI is InChI=1S/C30H27N2O/c1-17(2)21-10-8-12-26-22(21)13-14-27(32(26)5)28-19(4)18(3)15-23-24-16-20-9-6-7-11-25(20)31-30(24)33-29(23)28/h6-17H,1-5H3/q+1/i3D3,17D. The number of benzene rings is 3. The van der Waals surface area contributed by atoms with Crippen molar-refractivity contribution >= 4 is 43.9 Å². The molecule has 6 aromatic rings. The summed E-state index contributed by atoms with van der Waals surface area (Å²) in [4.78, 5) is 4.75. The van der Waals surface area contributed by atoms with E-state index in [0.717, 1.165) is 49.4 Å². The van der Waals surface area contributed by atoms with Gasteiger partial charge in [-0.15, -0.1) is 0 Å². The van der Waals surface area contributed by atoms with E-state index in [-0.39, 0.29) is 0 Å². The molecule has 0 spiro atoms. The second kappa shape index (κ2) is 7.14. The molecule has 0 saturated carbocycles. The van der Waals surface area contributed by atoms with E-state index >= 15 is 0 Å². The van der Waals surface area contributed by atoms with Crippen molar-refractivity contribution in [1.29, 1.82) is 0 Å². The molecule has 0 bridgehead atoms. The van der Waals surface area contributed by atoms with Gasteiger partial charge < -0.3 is 4.42 Å². The zero-order valence-electron chi connectivity index (χ0n) is 23.2. The van der Waals surface area contributed by atoms with Crippen LogP contribution in [0.15, 0.2) is 71.1 Å². The highest BCUT2D eigenvalue weighted by atomic mass is 16.3. The molecule has 0 radical (unpaired) electrons. The molecule has 0 amide bonds. The Morgan fingerprint density at radius 2 is 1.82 bits per heavy atom. The molecule has 3 nitrogen and oxygen atoms in total. The lowest BCUT2D eigenvalue weighted by molar-refractivity contribution is -0.633. The Balaban J connectivity index is 1.75. The van der Waals surface area contributed by atoms with Crippen LogP contribution in [0.5, 0.6) is 0 Å². The summed E-state index contributed by atoms with van der Waals surface area (Å²) in [6.45, 7) is 3.32. The topological polar surface area (TPSA) is 29.9 Å². The normalized spacial score (nSPS) is 14.5. The second-order valence-corrected chi connectivity index (χ2v) is 8.95. The van der Waals surface area contributed by atoms with Crippen LogP contribution < -0.4 is 4.57 Å². The molecule has 33 heavy (non-hydrogen) atoms. The van der Waals surface area contributed by atoms with E-state index in [1.807, 2.05) is 88.5 Å². The van der Waals surface area contributed by atoms with Crippen LogP contribution in [0.1, 0.15) is 41.9 Å². The predicted octanol–water partition coefficient (Wildman–Crippen LogP) is 7.52. The lowest BCUT2D eigenvalue weighted by Crippen LogP contribution is -2.32. The number of hydrogen-bond acceptors (Lipinski definition) is 2. The van der Waals surface area contributed by atoms with Gasteiger partial charge in [-0.2, -0.15) is 4.57 Å². The van der Waals surface area contributed by atoms with Crippen LogP contribution in [-0.2, 0) is 7.05 Å². The Kier molecular flexibility index (Phi) is 3.46. The fraction of sp³-hybridized carbons (Fsp3) is 0.200. The number of furan rings is 1. The zero-order chi connectivity index (χ0) is 26.3. The van der Waals surface area contributed by atoms with E-state index in [1.165, 1.54) is 0 Å². The number of pyridine rings is 2. The molecule has 0 saturated heterocycles. The summed E-state index contributed by atoms with van der Waals surface area (Å²) in [6.07, 6.45) is 0. The summed E-state index contributed by atoms with van der Waals surface area (Å²) in [5.41, 5.74) is 6.36. The fourth-order valence-electron chi connectivity index (χ4n) is 4.95. The first-order valence-electron chi connectivity index (χ1n) is 13.1. The van der Waals surface area contributed by atoms with Crippen LogP contribution >= 0.6 is 0 Å². The lowest BCUT2D eigenvalue weighted by atomic mass is 9.94. The number of nitrogens with zero attached hydrogens (tertiary/aromatic N) is 2. The van der Waals surface area contributed by atoms with Gasteiger partial charge in [-0.3, -0.25) is 0 Å². The minimum Gasteiger partial charge on any atom is -0.437 e. The smallest absolute Gasteiger partial charge is 0.227 e. The van der Waals surface area contributed by atoms with Gasteiger partial charge in [-0.05, 0) is 60.6 Å². The summed E-state index contributed by atoms with van der Waals surface area (Å²) >= 11 is 0. The van der Waals surface area contributed by atoms with Crippen molar-refractivity contribution in [3.8, 4) is 11.3 Å². The van der Waals surface area contributed by atoms with Crippen LogP contribution in [0.2, 0.25) is 0 Å². The summed E-state index contributed by atoms with van der Waals surface area (Å²) in [7, 11) is 1.97. The monoisotopic (exact) mass is 435 g/mol. The Morgan fingerprint density at radius 1 is 0.970 bits per heavy atom. The second-order valence-electron chi connectivity index (χ2n) is 8.95. The quantitative estimate of drug-likeness (QED) is 0.263. The van der Waals surface area contributed by atoms with Crippen LogP contribution in [-0.4, -0.2) is 4.98 Å². The third kappa shape index (κ3) is 2.88. The molecule has 3 heteroatoms. The average molecular weight is 436 g/mol. The molecule has 3 aromatic heterocycles. The van der Waals surface area contributed by atoms with Crippen LogP contribution in [0, 0.1) is 13.8 Å². The SMILES string of the molecule is [2H]C([2H])([2H])c1cc2c(oc3nc4ccccc4cc32)c(-c2ccc3c(C([2H])(C)C)cccc3[n+]2C)c1C. The number of aromatic nitrogens is 2. The summed E-state index contributed by atoms with van der Waals surface area (Å²) in [6, 6.07) is 21.6. The molecule has 0 aliphatic carbocycles. The maximum atomic E-state index is 8.61. The molecule has 162 valence electrons. The van der Waals surface area contributed by atoms with Crippen molar-refractivity contribution < 1.29 is 14.5 Å². The van der Waals surface area contributed by atoms with Crippen LogP contribution in [0.3, 0.4) is 0 Å². The van der Waals surface area contributed by atoms with Gasteiger partial charge in [0.15, 0.2) is 5.58 Å². The van der Waals surface area contributed by atoms with Crippen molar-refractivity contribution in [2.24, 2.45) is 7.05 Å². The molecule has 6 rings (SSSR count). The van der Waals surface area contributed by atoms with E-state index in [4.69, 9.17) is 14.9 Å². The molecule has 0 N–H and O–H groups in total. The first-order valence-corrected chi connectivity index (χ1v) is 11.1. The van der Waals surface area contributed by atoms with E-state index in [1.54, 1.807) is 6.07 Å². The van der Waals surface area contributed by atoms with Gasteiger partial charge >= 0.3 is 0 Å². The fourth-order valence-corrected chi connectivity index (χ4v) is 4.95. The Hall–Kier alpha value is -3.72. The van der Waals surface area contributed by atoms with E-state index < -0.39 is 12.7 Å². The minimum absolute atomic E-state index is 0.298. The maximum Gasteiger partial charge on any atom is 0.227 e. The minimum atomic E-state index is -2.29. The molecule has 0 aliphatic heterocycles. The van der Waals surface area contributed by atoms with E-state index in [9.17, 15) is 0 Å². The van der Waals surface area contributed by atoms with Gasteiger partial charge in [-0.1, -0.05) is 44.2 Å². The molecular weight excluding hydrogens is 404 g/mol. The maximum absolute atomic E-state index is 8.61. The number of hydrogen-bond donors (Lipinski definition) is 0. The highest BCUT2D eigenvalue weighted by Crippen LogP contribution is 2.39. The first kappa shape index (κ1) is 16.0. The van der Waals surface area contributed by atoms with Crippen molar-refractivity contribution in [2.75, 3.05) is 0 Å². The van der Waals surface area contributed by atoms with Gasteiger partial charge in [0.1, 0.15) is 7.05 Å². The molecular formula is C30H27N2O+. The van der Waals surface area contributed by atoms with Gasteiger partial charge in [0.05, 0.1) is 11.1 Å². The van der Waals surface area contributed by atoms with Gasteiger partial charge in [-0.25, -0.2) is 4.98 Å². The number of fused-ring (bicyclic) bond motifs is 5. The summed E-state index contributed by atoms with van der Waals surface area (Å²) in [5.74, 6) is -0.759. The van der Waals surface area contributed by atoms with Gasteiger partial charge in [0.2, 0.25) is 16.9 Å². The molecule has 0 atom stereocenters. The van der Waals surface area contributed by atoms with Gasteiger partial charge in [0.25, 0.3) is 0 Å². The Labute approximate surface area is 198 Å². The summed E-state index contributed by atoms with van der Waals surface area (Å²) in [5, 5.41) is 3.49. The molecule has 3 heterocycles. The lowest BCUT2D eigenvalue weighted by Gasteiger charge is -2.12. The van der Waals surface area contributed by atoms with Gasteiger partial charge in [0, 0.05) is 39.2 Å². The Bertz CT molecular complexity index is 1880. The predicted molar refractivity (Wildman–Crippen MR) is 137 cm³/mol. The van der Waals surface area contributed by atoms with Crippen molar-refractivity contribution in [3.05, 3.63) is 83.4 Å². The third-order valence-corrected chi connectivity index (χ3v) is 6.73. The summed E-state index contributed by atoms with van der Waals surface area (Å²) < 4.78 is 41.9. The average Bonchev–Trinajstić information content (AvgIpc) is 3.18. The van der Waals surface area contributed by atoms with Crippen LogP contribution in [0.25, 0.3) is 55.1 Å². The van der Waals surface area contributed by atoms with E-state index in [2.05, 4.69) is 4.57 Å². The first-order chi connectivity index (χ1) is 17.4. The zero-order valence-corrected chi connectivity index (χ0v) is 19.2. The molecule has 0 fully saturated rings. The number of aryl methyl sites for hydroxylation is 2. The van der Waals surface area contributed by atoms with Crippen molar-refractivity contribution in [3.63, 3.8) is 0 Å². The number of rotatable bonds is 2. The highest BCUT2D eigenvalue weighted by Gasteiger charge is 2.24.